The number of carbonyl (C=O) groups excluding carboxylic acids is 1. The summed E-state index contributed by atoms with van der Waals surface area (Å²) in [5.74, 6) is -0.0309. The van der Waals surface area contributed by atoms with E-state index in [1.54, 1.807) is 0 Å². The maximum Gasteiger partial charge on any atom is 0.286 e. The Balaban J connectivity index is 1.54. The van der Waals surface area contributed by atoms with Crippen LogP contribution in [-0.2, 0) is 11.3 Å². The van der Waals surface area contributed by atoms with E-state index in [1.165, 1.54) is 4.57 Å². The zero-order chi connectivity index (χ0) is 18.1. The molecule has 1 aromatic heterocycles. The quantitative estimate of drug-likeness (QED) is 0.880. The number of rotatable bonds is 4. The third-order valence-electron chi connectivity index (χ3n) is 4.79. The average Bonchev–Trinajstić information content (AvgIpc) is 3.31. The largest absolute Gasteiger partial charge is 0.376 e. The van der Waals surface area contributed by atoms with Crippen molar-refractivity contribution in [2.24, 2.45) is 0 Å². The molecule has 8 heteroatoms. The van der Waals surface area contributed by atoms with Gasteiger partial charge in [0.05, 0.1) is 6.10 Å². The van der Waals surface area contributed by atoms with Crippen molar-refractivity contribution in [3.63, 3.8) is 0 Å². The Morgan fingerprint density at radius 1 is 1.27 bits per heavy atom. The van der Waals surface area contributed by atoms with Gasteiger partial charge in [-0.2, -0.15) is 0 Å². The van der Waals surface area contributed by atoms with Crippen LogP contribution in [0, 0.1) is 6.92 Å². The molecule has 2 aliphatic rings. The topological polar surface area (TPSA) is 89.3 Å². The van der Waals surface area contributed by atoms with Crippen LogP contribution in [-0.4, -0.2) is 46.5 Å². The molecule has 4 rings (SSSR count). The Labute approximate surface area is 150 Å². The van der Waals surface area contributed by atoms with E-state index in [0.717, 1.165) is 30.7 Å². The fraction of sp³-hybridized carbons (Fsp3) is 0.444. The Kier molecular flexibility index (Phi) is 4.42. The minimum Gasteiger partial charge on any atom is -0.376 e. The Bertz CT molecular complexity index is 871. The van der Waals surface area contributed by atoms with Gasteiger partial charge < -0.3 is 15.0 Å². The molecule has 0 aliphatic carbocycles. The van der Waals surface area contributed by atoms with Gasteiger partial charge in [0.15, 0.2) is 0 Å². The van der Waals surface area contributed by atoms with Gasteiger partial charge in [-0.05, 0) is 31.9 Å². The lowest BCUT2D eigenvalue weighted by molar-refractivity contribution is 0.0851. The van der Waals surface area contributed by atoms with Crippen LogP contribution in [0.15, 0.2) is 29.1 Å². The lowest BCUT2D eigenvalue weighted by atomic mass is 10.2. The highest BCUT2D eigenvalue weighted by atomic mass is 16.5. The third-order valence-corrected chi connectivity index (χ3v) is 4.79. The Hall–Kier alpha value is -2.74. The van der Waals surface area contributed by atoms with E-state index >= 15 is 0 Å². The molecular formula is C18H21N5O3. The molecule has 3 heterocycles. The Morgan fingerprint density at radius 2 is 2.08 bits per heavy atom. The van der Waals surface area contributed by atoms with Crippen molar-refractivity contribution in [1.82, 2.24) is 20.1 Å². The van der Waals surface area contributed by atoms with E-state index in [0.29, 0.717) is 25.6 Å². The molecule has 1 N–H and O–H groups in total. The van der Waals surface area contributed by atoms with Gasteiger partial charge in [0.2, 0.25) is 11.6 Å². The summed E-state index contributed by atoms with van der Waals surface area (Å²) in [7, 11) is 0. The molecule has 1 aromatic carbocycles. The molecule has 1 saturated heterocycles. The van der Waals surface area contributed by atoms with Crippen molar-refractivity contribution in [3.05, 3.63) is 45.9 Å². The van der Waals surface area contributed by atoms with Crippen LogP contribution in [0.25, 0.3) is 0 Å². The number of amides is 1. The summed E-state index contributed by atoms with van der Waals surface area (Å²) < 4.78 is 6.98. The van der Waals surface area contributed by atoms with Crippen molar-refractivity contribution < 1.29 is 9.53 Å². The zero-order valence-electron chi connectivity index (χ0n) is 14.6. The fourth-order valence-corrected chi connectivity index (χ4v) is 3.32. The van der Waals surface area contributed by atoms with Crippen molar-refractivity contribution in [2.45, 2.75) is 32.4 Å². The minimum atomic E-state index is -0.498. The van der Waals surface area contributed by atoms with E-state index in [1.807, 2.05) is 36.1 Å². The van der Waals surface area contributed by atoms with Gasteiger partial charge in [-0.1, -0.05) is 17.7 Å². The molecule has 0 spiro atoms. The highest BCUT2D eigenvalue weighted by Gasteiger charge is 2.27. The summed E-state index contributed by atoms with van der Waals surface area (Å²) >= 11 is 0. The summed E-state index contributed by atoms with van der Waals surface area (Å²) in [5, 5.41) is 10.8. The molecule has 0 saturated carbocycles. The van der Waals surface area contributed by atoms with E-state index in [2.05, 4.69) is 15.5 Å². The monoisotopic (exact) mass is 355 g/mol. The van der Waals surface area contributed by atoms with Crippen molar-refractivity contribution in [2.75, 3.05) is 24.6 Å². The molecule has 1 amide bonds. The number of nitrogens with zero attached hydrogens (tertiary/aromatic N) is 4. The number of fused-ring (bicyclic) bond motifs is 1. The van der Waals surface area contributed by atoms with Crippen LogP contribution in [0.4, 0.5) is 11.6 Å². The van der Waals surface area contributed by atoms with Gasteiger partial charge >= 0.3 is 0 Å². The SMILES string of the molecule is Cc1ccc(N2CCn3c2nnc(C(=O)NCC2CCCO2)c3=O)cc1. The van der Waals surface area contributed by atoms with E-state index in [9.17, 15) is 9.59 Å². The van der Waals surface area contributed by atoms with Gasteiger partial charge in [0.1, 0.15) is 0 Å². The molecule has 2 aliphatic heterocycles. The highest BCUT2D eigenvalue weighted by Crippen LogP contribution is 2.26. The predicted octanol–water partition coefficient (Wildman–Crippen LogP) is 1.01. The summed E-state index contributed by atoms with van der Waals surface area (Å²) in [6, 6.07) is 7.99. The van der Waals surface area contributed by atoms with Crippen molar-refractivity contribution >= 4 is 17.5 Å². The number of hydrogen-bond donors (Lipinski definition) is 1. The molecule has 136 valence electrons. The standard InChI is InChI=1S/C18H21N5O3/c1-12-4-6-13(7-5-12)22-8-9-23-17(25)15(20-21-18(22)23)16(24)19-11-14-3-2-10-26-14/h4-7,14H,2-3,8-11H2,1H3,(H,19,24). The smallest absolute Gasteiger partial charge is 0.286 e. The Morgan fingerprint density at radius 3 is 2.81 bits per heavy atom. The van der Waals surface area contributed by atoms with Crippen LogP contribution >= 0.6 is 0 Å². The summed E-state index contributed by atoms with van der Waals surface area (Å²) in [5.41, 5.74) is 1.53. The minimum absolute atomic E-state index is 0.0149. The molecule has 1 unspecified atom stereocenters. The molecule has 8 nitrogen and oxygen atoms in total. The first-order valence-corrected chi connectivity index (χ1v) is 8.85. The van der Waals surface area contributed by atoms with Crippen LogP contribution in [0.1, 0.15) is 28.9 Å². The molecular weight excluding hydrogens is 334 g/mol. The van der Waals surface area contributed by atoms with E-state index < -0.39 is 11.5 Å². The normalized spacial score (nSPS) is 18.8. The second-order valence-electron chi connectivity index (χ2n) is 6.64. The fourth-order valence-electron chi connectivity index (χ4n) is 3.32. The number of benzene rings is 1. The summed E-state index contributed by atoms with van der Waals surface area (Å²) in [6.45, 7) is 4.22. The first kappa shape index (κ1) is 16.7. The van der Waals surface area contributed by atoms with Gasteiger partial charge in [0, 0.05) is 31.9 Å². The third kappa shape index (κ3) is 3.08. The average molecular weight is 355 g/mol. The maximum absolute atomic E-state index is 12.7. The number of anilines is 2. The van der Waals surface area contributed by atoms with Gasteiger partial charge in [-0.15, -0.1) is 10.2 Å². The zero-order valence-corrected chi connectivity index (χ0v) is 14.6. The molecule has 0 bridgehead atoms. The lowest BCUT2D eigenvalue weighted by Gasteiger charge is -2.17. The summed E-state index contributed by atoms with van der Waals surface area (Å²) in [4.78, 5) is 26.9. The van der Waals surface area contributed by atoms with E-state index in [4.69, 9.17) is 4.74 Å². The van der Waals surface area contributed by atoms with Crippen molar-refractivity contribution in [3.8, 4) is 0 Å². The van der Waals surface area contributed by atoms with E-state index in [-0.39, 0.29) is 11.8 Å². The van der Waals surface area contributed by atoms with Crippen molar-refractivity contribution in [1.29, 1.82) is 0 Å². The molecule has 1 fully saturated rings. The number of aromatic nitrogens is 3. The van der Waals surface area contributed by atoms with Crippen LogP contribution in [0.3, 0.4) is 0 Å². The van der Waals surface area contributed by atoms with Gasteiger partial charge in [-0.3, -0.25) is 14.2 Å². The second-order valence-corrected chi connectivity index (χ2v) is 6.64. The highest BCUT2D eigenvalue weighted by molar-refractivity contribution is 5.91. The molecule has 2 aromatic rings. The number of ether oxygens (including phenoxy) is 1. The van der Waals surface area contributed by atoms with Crippen LogP contribution < -0.4 is 15.8 Å². The molecule has 0 radical (unpaired) electrons. The summed E-state index contributed by atoms with van der Waals surface area (Å²) in [6.07, 6.45) is 1.93. The van der Waals surface area contributed by atoms with Crippen LogP contribution in [0.5, 0.6) is 0 Å². The number of hydrogen-bond acceptors (Lipinski definition) is 6. The number of aryl methyl sites for hydroxylation is 1. The maximum atomic E-state index is 12.7. The van der Waals surface area contributed by atoms with Gasteiger partial charge in [-0.25, -0.2) is 0 Å². The predicted molar refractivity (Wildman–Crippen MR) is 95.8 cm³/mol. The number of nitrogens with one attached hydrogen (secondary N) is 1. The number of carbonyl (C=O) groups is 1. The first-order valence-electron chi connectivity index (χ1n) is 8.85. The lowest BCUT2D eigenvalue weighted by Crippen LogP contribution is -2.38. The second kappa shape index (κ2) is 6.87. The van der Waals surface area contributed by atoms with Gasteiger partial charge in [0.25, 0.3) is 11.5 Å². The molecule has 26 heavy (non-hydrogen) atoms. The first-order chi connectivity index (χ1) is 12.6. The van der Waals surface area contributed by atoms with Crippen LogP contribution in [0.2, 0.25) is 0 Å². The molecule has 1 atom stereocenters.